The summed E-state index contributed by atoms with van der Waals surface area (Å²) in [5.41, 5.74) is 5.45. The molecule has 0 bridgehead atoms. The Morgan fingerprint density at radius 2 is 2.00 bits per heavy atom. The number of aromatic nitrogens is 2. The molecule has 17 heavy (non-hydrogen) atoms. The van der Waals surface area contributed by atoms with Crippen LogP contribution in [0.25, 0.3) is 0 Å². The quantitative estimate of drug-likeness (QED) is 0.759. The summed E-state index contributed by atoms with van der Waals surface area (Å²) in [5, 5.41) is 7.71. The first kappa shape index (κ1) is 10.2. The standard InChI is InChI=1S/C11H12N4O2/c12-10(17)8-1-2-9(14-13-8)15-5-11(6-15)3-7(16)4-11/h1-2H,3-6H2,(H2,12,17). The molecule has 1 saturated carbocycles. The number of hydrogen-bond acceptors (Lipinski definition) is 5. The summed E-state index contributed by atoms with van der Waals surface area (Å²) >= 11 is 0. The second-order valence-corrected chi connectivity index (χ2v) is 4.89. The van der Waals surface area contributed by atoms with Crippen molar-refractivity contribution in [1.82, 2.24) is 10.2 Å². The van der Waals surface area contributed by atoms with Crippen LogP contribution in [-0.2, 0) is 4.79 Å². The molecule has 0 unspecified atom stereocenters. The second-order valence-electron chi connectivity index (χ2n) is 4.89. The number of amides is 1. The van der Waals surface area contributed by atoms with E-state index in [9.17, 15) is 9.59 Å². The number of nitrogens with zero attached hydrogens (tertiary/aromatic N) is 3. The molecule has 0 radical (unpaired) electrons. The van der Waals surface area contributed by atoms with Crippen LogP contribution in [0.5, 0.6) is 0 Å². The van der Waals surface area contributed by atoms with Gasteiger partial charge in [0.2, 0.25) is 0 Å². The van der Waals surface area contributed by atoms with Crippen molar-refractivity contribution in [3.63, 3.8) is 0 Å². The van der Waals surface area contributed by atoms with E-state index in [1.54, 1.807) is 12.1 Å². The molecule has 0 aromatic carbocycles. The van der Waals surface area contributed by atoms with Crippen LogP contribution < -0.4 is 10.6 Å². The number of primary amides is 1. The van der Waals surface area contributed by atoms with Crippen molar-refractivity contribution in [3.8, 4) is 0 Å². The molecule has 1 spiro atoms. The van der Waals surface area contributed by atoms with Crippen molar-refractivity contribution in [2.45, 2.75) is 12.8 Å². The fraction of sp³-hybridized carbons (Fsp3) is 0.455. The minimum absolute atomic E-state index is 0.169. The summed E-state index contributed by atoms with van der Waals surface area (Å²) in [6, 6.07) is 3.31. The smallest absolute Gasteiger partial charge is 0.269 e. The summed E-state index contributed by atoms with van der Waals surface area (Å²) in [6.07, 6.45) is 1.38. The molecule has 1 amide bonds. The van der Waals surface area contributed by atoms with Crippen LogP contribution in [-0.4, -0.2) is 35.0 Å². The topological polar surface area (TPSA) is 89.2 Å². The third kappa shape index (κ3) is 1.56. The Balaban J connectivity index is 1.67. The predicted molar refractivity (Wildman–Crippen MR) is 59.4 cm³/mol. The van der Waals surface area contributed by atoms with E-state index in [0.29, 0.717) is 18.6 Å². The molecule has 2 fully saturated rings. The molecule has 2 heterocycles. The van der Waals surface area contributed by atoms with Gasteiger partial charge in [0, 0.05) is 31.3 Å². The largest absolute Gasteiger partial charge is 0.364 e. The number of nitrogens with two attached hydrogens (primary N) is 1. The number of Topliss-reactive ketones (excluding diaryl/α,β-unsaturated/α-hetero) is 1. The zero-order chi connectivity index (χ0) is 12.0. The first-order chi connectivity index (χ1) is 8.08. The Bertz CT molecular complexity index is 481. The fourth-order valence-corrected chi connectivity index (χ4v) is 2.56. The third-order valence-electron chi connectivity index (χ3n) is 3.42. The molecular formula is C11H12N4O2. The van der Waals surface area contributed by atoms with Gasteiger partial charge in [0.15, 0.2) is 11.5 Å². The molecule has 1 aliphatic carbocycles. The lowest BCUT2D eigenvalue weighted by Gasteiger charge is -2.55. The number of anilines is 1. The van der Waals surface area contributed by atoms with E-state index in [1.807, 2.05) is 0 Å². The van der Waals surface area contributed by atoms with Crippen LogP contribution in [0.15, 0.2) is 12.1 Å². The summed E-state index contributed by atoms with van der Waals surface area (Å²) in [5.74, 6) is 0.508. The Morgan fingerprint density at radius 1 is 1.29 bits per heavy atom. The van der Waals surface area contributed by atoms with Gasteiger partial charge in [-0.25, -0.2) is 0 Å². The van der Waals surface area contributed by atoms with Gasteiger partial charge in [-0.3, -0.25) is 9.59 Å². The Kier molecular flexibility index (Phi) is 1.95. The maximum Gasteiger partial charge on any atom is 0.269 e. The zero-order valence-corrected chi connectivity index (χ0v) is 9.22. The average molecular weight is 232 g/mol. The highest BCUT2D eigenvalue weighted by Crippen LogP contribution is 2.46. The van der Waals surface area contributed by atoms with E-state index in [0.717, 1.165) is 18.9 Å². The van der Waals surface area contributed by atoms with E-state index in [-0.39, 0.29) is 11.1 Å². The van der Waals surface area contributed by atoms with Gasteiger partial charge in [0.05, 0.1) is 0 Å². The first-order valence-corrected chi connectivity index (χ1v) is 5.48. The molecule has 0 atom stereocenters. The fourth-order valence-electron chi connectivity index (χ4n) is 2.56. The maximum absolute atomic E-state index is 11.0. The predicted octanol–water partition coefficient (Wildman–Crippen LogP) is -0.255. The lowest BCUT2D eigenvalue weighted by atomic mass is 9.63. The van der Waals surface area contributed by atoms with Gasteiger partial charge in [-0.2, -0.15) is 0 Å². The molecular weight excluding hydrogens is 220 g/mol. The van der Waals surface area contributed by atoms with Gasteiger partial charge >= 0.3 is 0 Å². The van der Waals surface area contributed by atoms with E-state index in [4.69, 9.17) is 5.73 Å². The summed E-state index contributed by atoms with van der Waals surface area (Å²) in [7, 11) is 0. The van der Waals surface area contributed by atoms with Crippen LogP contribution >= 0.6 is 0 Å². The van der Waals surface area contributed by atoms with Gasteiger partial charge in [0.1, 0.15) is 5.78 Å². The monoisotopic (exact) mass is 232 g/mol. The van der Waals surface area contributed by atoms with Crippen LogP contribution in [0, 0.1) is 5.41 Å². The molecule has 2 N–H and O–H groups in total. The minimum atomic E-state index is -0.575. The van der Waals surface area contributed by atoms with E-state index in [2.05, 4.69) is 15.1 Å². The van der Waals surface area contributed by atoms with Gasteiger partial charge in [0.25, 0.3) is 5.91 Å². The highest BCUT2D eigenvalue weighted by atomic mass is 16.1. The van der Waals surface area contributed by atoms with Crippen molar-refractivity contribution < 1.29 is 9.59 Å². The van der Waals surface area contributed by atoms with Gasteiger partial charge in [-0.05, 0) is 12.1 Å². The van der Waals surface area contributed by atoms with E-state index >= 15 is 0 Å². The maximum atomic E-state index is 11.0. The van der Waals surface area contributed by atoms with Gasteiger partial charge in [-0.15, -0.1) is 10.2 Å². The second kappa shape index (κ2) is 3.26. The number of carbonyl (C=O) groups is 2. The molecule has 1 aromatic rings. The third-order valence-corrected chi connectivity index (χ3v) is 3.42. The summed E-state index contributed by atoms with van der Waals surface area (Å²) in [4.78, 5) is 23.9. The van der Waals surface area contributed by atoms with Crippen LogP contribution in [0.2, 0.25) is 0 Å². The molecule has 6 heteroatoms. The molecule has 6 nitrogen and oxygen atoms in total. The van der Waals surface area contributed by atoms with Crippen LogP contribution in [0.4, 0.5) is 5.82 Å². The molecule has 3 rings (SSSR count). The molecule has 1 aliphatic heterocycles. The van der Waals surface area contributed by atoms with Gasteiger partial charge in [-0.1, -0.05) is 0 Å². The van der Waals surface area contributed by atoms with Crippen molar-refractivity contribution >= 4 is 17.5 Å². The number of ketones is 1. The highest BCUT2D eigenvalue weighted by Gasteiger charge is 2.52. The lowest BCUT2D eigenvalue weighted by Crippen LogP contribution is -2.63. The number of hydrogen-bond donors (Lipinski definition) is 1. The highest BCUT2D eigenvalue weighted by molar-refractivity contribution is 5.90. The molecule has 88 valence electrons. The average Bonchev–Trinajstić information content (AvgIpc) is 2.21. The van der Waals surface area contributed by atoms with Crippen LogP contribution in [0.3, 0.4) is 0 Å². The Morgan fingerprint density at radius 3 is 2.47 bits per heavy atom. The SMILES string of the molecule is NC(=O)c1ccc(N2CC3(CC(=O)C3)C2)nn1. The van der Waals surface area contributed by atoms with Crippen LogP contribution in [0.1, 0.15) is 23.3 Å². The van der Waals surface area contributed by atoms with Crippen molar-refractivity contribution in [2.75, 3.05) is 18.0 Å². The van der Waals surface area contributed by atoms with Crippen molar-refractivity contribution in [2.24, 2.45) is 11.1 Å². The zero-order valence-electron chi connectivity index (χ0n) is 9.22. The minimum Gasteiger partial charge on any atom is -0.364 e. The van der Waals surface area contributed by atoms with E-state index in [1.165, 1.54) is 0 Å². The Labute approximate surface area is 97.8 Å². The molecule has 1 aromatic heterocycles. The van der Waals surface area contributed by atoms with E-state index < -0.39 is 5.91 Å². The Hall–Kier alpha value is -1.98. The number of rotatable bonds is 2. The van der Waals surface area contributed by atoms with Crippen molar-refractivity contribution in [3.05, 3.63) is 17.8 Å². The summed E-state index contributed by atoms with van der Waals surface area (Å²) in [6.45, 7) is 1.70. The molecule has 1 saturated heterocycles. The van der Waals surface area contributed by atoms with Gasteiger partial charge < -0.3 is 10.6 Å². The normalized spacial score (nSPS) is 20.9. The number of carbonyl (C=O) groups excluding carboxylic acids is 2. The lowest BCUT2D eigenvalue weighted by molar-refractivity contribution is -0.134. The summed E-state index contributed by atoms with van der Waals surface area (Å²) < 4.78 is 0. The van der Waals surface area contributed by atoms with Crippen molar-refractivity contribution in [1.29, 1.82) is 0 Å². The first-order valence-electron chi connectivity index (χ1n) is 5.48. The molecule has 2 aliphatic rings.